The SMILES string of the molecule is COc1ccc(C2=NN(C(=O)CSc3nnc(-c4cccs4)o3)C(c3ccco3)C2)cc1. The summed E-state index contributed by atoms with van der Waals surface area (Å²) in [6.45, 7) is 0. The number of hydrogen-bond acceptors (Lipinski definition) is 9. The average molecular weight is 467 g/mol. The van der Waals surface area contributed by atoms with E-state index in [2.05, 4.69) is 15.3 Å². The monoisotopic (exact) mass is 466 g/mol. The van der Waals surface area contributed by atoms with E-state index < -0.39 is 0 Å². The third kappa shape index (κ3) is 4.19. The smallest absolute Gasteiger partial charge is 0.277 e. The Labute approximate surface area is 191 Å². The zero-order chi connectivity index (χ0) is 21.9. The first-order valence-corrected chi connectivity index (χ1v) is 11.7. The fourth-order valence-electron chi connectivity index (χ4n) is 3.36. The number of rotatable bonds is 7. The van der Waals surface area contributed by atoms with Gasteiger partial charge in [-0.1, -0.05) is 17.8 Å². The molecule has 162 valence electrons. The second-order valence-electron chi connectivity index (χ2n) is 6.89. The summed E-state index contributed by atoms with van der Waals surface area (Å²) < 4.78 is 16.5. The number of furan rings is 1. The van der Waals surface area contributed by atoms with Crippen LogP contribution >= 0.6 is 23.1 Å². The van der Waals surface area contributed by atoms with Gasteiger partial charge >= 0.3 is 0 Å². The zero-order valence-electron chi connectivity index (χ0n) is 17.0. The summed E-state index contributed by atoms with van der Waals surface area (Å²) in [6, 6.07) is 14.8. The van der Waals surface area contributed by atoms with E-state index in [0.29, 0.717) is 23.3 Å². The van der Waals surface area contributed by atoms with Gasteiger partial charge in [-0.2, -0.15) is 5.10 Å². The van der Waals surface area contributed by atoms with Gasteiger partial charge in [0.1, 0.15) is 17.6 Å². The van der Waals surface area contributed by atoms with Crippen LogP contribution in [0.15, 0.2) is 79.3 Å². The Hall–Kier alpha value is -3.37. The van der Waals surface area contributed by atoms with Crippen molar-refractivity contribution in [2.45, 2.75) is 17.7 Å². The number of carbonyl (C=O) groups excluding carboxylic acids is 1. The molecule has 1 aliphatic heterocycles. The number of methoxy groups -OCH3 is 1. The number of benzene rings is 1. The Morgan fingerprint density at radius 3 is 2.81 bits per heavy atom. The van der Waals surface area contributed by atoms with Crippen LogP contribution in [0.1, 0.15) is 23.8 Å². The van der Waals surface area contributed by atoms with Gasteiger partial charge in [0.15, 0.2) is 0 Å². The number of aromatic nitrogens is 2. The molecule has 1 unspecified atom stereocenters. The lowest BCUT2D eigenvalue weighted by atomic mass is 10.0. The van der Waals surface area contributed by atoms with Crippen molar-refractivity contribution in [3.8, 4) is 16.5 Å². The first kappa shape index (κ1) is 20.5. The van der Waals surface area contributed by atoms with Crippen LogP contribution < -0.4 is 4.74 Å². The van der Waals surface area contributed by atoms with Gasteiger partial charge in [-0.25, -0.2) is 5.01 Å². The van der Waals surface area contributed by atoms with E-state index >= 15 is 0 Å². The van der Waals surface area contributed by atoms with Crippen LogP contribution in [0.4, 0.5) is 0 Å². The van der Waals surface area contributed by atoms with Crippen LogP contribution in [-0.2, 0) is 4.79 Å². The molecule has 32 heavy (non-hydrogen) atoms. The molecule has 10 heteroatoms. The lowest BCUT2D eigenvalue weighted by Crippen LogP contribution is -2.28. The molecule has 1 aliphatic rings. The van der Waals surface area contributed by atoms with Gasteiger partial charge in [0, 0.05) is 6.42 Å². The predicted octanol–water partition coefficient (Wildman–Crippen LogP) is 4.87. The molecular formula is C22H18N4O4S2. The van der Waals surface area contributed by atoms with E-state index in [1.54, 1.807) is 13.4 Å². The fraction of sp³-hybridized carbons (Fsp3) is 0.182. The molecule has 1 atom stereocenters. The van der Waals surface area contributed by atoms with E-state index in [-0.39, 0.29) is 17.7 Å². The Morgan fingerprint density at radius 1 is 1.22 bits per heavy atom. The number of hydrazone groups is 1. The Morgan fingerprint density at radius 2 is 2.09 bits per heavy atom. The molecule has 4 heterocycles. The second-order valence-corrected chi connectivity index (χ2v) is 8.76. The van der Waals surface area contributed by atoms with Crippen molar-refractivity contribution >= 4 is 34.7 Å². The molecule has 5 rings (SSSR count). The Bertz CT molecular complexity index is 1220. The van der Waals surface area contributed by atoms with Crippen molar-refractivity contribution in [2.24, 2.45) is 5.10 Å². The minimum Gasteiger partial charge on any atom is -0.497 e. The highest BCUT2D eigenvalue weighted by Crippen LogP contribution is 2.34. The summed E-state index contributed by atoms with van der Waals surface area (Å²) in [5.41, 5.74) is 1.74. The topological polar surface area (TPSA) is 94.0 Å². The molecule has 0 aliphatic carbocycles. The third-order valence-electron chi connectivity index (χ3n) is 4.92. The fourth-order valence-corrected chi connectivity index (χ4v) is 4.62. The van der Waals surface area contributed by atoms with Crippen molar-refractivity contribution in [3.05, 3.63) is 71.5 Å². The minimum atomic E-state index is -0.306. The van der Waals surface area contributed by atoms with Gasteiger partial charge in [0.05, 0.1) is 29.7 Å². The lowest BCUT2D eigenvalue weighted by molar-refractivity contribution is -0.130. The van der Waals surface area contributed by atoms with E-state index in [9.17, 15) is 4.79 Å². The molecule has 0 bridgehead atoms. The summed E-state index contributed by atoms with van der Waals surface area (Å²) >= 11 is 2.71. The summed E-state index contributed by atoms with van der Waals surface area (Å²) in [5, 5.41) is 16.5. The molecule has 1 amide bonds. The van der Waals surface area contributed by atoms with Gasteiger partial charge in [-0.15, -0.1) is 21.5 Å². The van der Waals surface area contributed by atoms with E-state index in [4.69, 9.17) is 13.6 Å². The highest BCUT2D eigenvalue weighted by molar-refractivity contribution is 7.99. The molecule has 0 saturated heterocycles. The molecule has 1 aromatic carbocycles. The number of thioether (sulfide) groups is 1. The van der Waals surface area contributed by atoms with Gasteiger partial charge in [-0.3, -0.25) is 4.79 Å². The summed E-state index contributed by atoms with van der Waals surface area (Å²) in [7, 11) is 1.62. The predicted molar refractivity (Wildman–Crippen MR) is 121 cm³/mol. The maximum Gasteiger partial charge on any atom is 0.277 e. The van der Waals surface area contributed by atoms with Gasteiger partial charge in [0.2, 0.25) is 0 Å². The van der Waals surface area contributed by atoms with Crippen LogP contribution in [0, 0.1) is 0 Å². The first-order valence-electron chi connectivity index (χ1n) is 9.79. The molecule has 0 fully saturated rings. The van der Waals surface area contributed by atoms with Gasteiger partial charge < -0.3 is 13.6 Å². The average Bonchev–Trinajstić information content (AvgIpc) is 3.63. The largest absolute Gasteiger partial charge is 0.497 e. The highest BCUT2D eigenvalue weighted by atomic mass is 32.2. The summed E-state index contributed by atoms with van der Waals surface area (Å²) in [6.07, 6.45) is 2.15. The van der Waals surface area contributed by atoms with Crippen molar-refractivity contribution in [2.75, 3.05) is 12.9 Å². The minimum absolute atomic E-state index is 0.114. The lowest BCUT2D eigenvalue weighted by Gasteiger charge is -2.19. The number of carbonyl (C=O) groups is 1. The van der Waals surface area contributed by atoms with Crippen molar-refractivity contribution < 1.29 is 18.4 Å². The number of nitrogens with zero attached hydrogens (tertiary/aromatic N) is 4. The highest BCUT2D eigenvalue weighted by Gasteiger charge is 2.35. The third-order valence-corrected chi connectivity index (χ3v) is 6.58. The number of hydrogen-bond donors (Lipinski definition) is 0. The normalized spacial score (nSPS) is 15.7. The maximum atomic E-state index is 13.1. The van der Waals surface area contributed by atoms with Crippen molar-refractivity contribution in [1.82, 2.24) is 15.2 Å². The number of ether oxygens (including phenoxy) is 1. The maximum absolute atomic E-state index is 13.1. The molecule has 4 aromatic rings. The van der Waals surface area contributed by atoms with Crippen LogP contribution in [0.3, 0.4) is 0 Å². The molecule has 3 aromatic heterocycles. The quantitative estimate of drug-likeness (QED) is 0.359. The molecule has 0 radical (unpaired) electrons. The van der Waals surface area contributed by atoms with E-state index in [0.717, 1.165) is 21.9 Å². The molecule has 0 N–H and O–H groups in total. The molecular weight excluding hydrogens is 448 g/mol. The second kappa shape index (κ2) is 9.01. The van der Waals surface area contributed by atoms with E-state index in [1.807, 2.05) is 53.9 Å². The molecule has 0 spiro atoms. The number of thiophene rings is 1. The summed E-state index contributed by atoms with van der Waals surface area (Å²) in [4.78, 5) is 14.0. The van der Waals surface area contributed by atoms with Crippen molar-refractivity contribution in [3.63, 3.8) is 0 Å². The van der Waals surface area contributed by atoms with E-state index in [1.165, 1.54) is 28.1 Å². The van der Waals surface area contributed by atoms with Crippen LogP contribution in [0.5, 0.6) is 5.75 Å². The number of amides is 1. The molecule has 0 saturated carbocycles. The Balaban J connectivity index is 1.32. The summed E-state index contributed by atoms with van der Waals surface area (Å²) in [5.74, 6) is 1.84. The standard InChI is InChI=1S/C22H18N4O4S2/c1-28-15-8-6-14(7-9-15)16-12-17(18-4-2-10-29-18)26(25-16)20(27)13-32-22-24-23-21(30-22)19-5-3-11-31-19/h2-11,17H,12-13H2,1H3. The van der Waals surface area contributed by atoms with Gasteiger partial charge in [-0.05, 0) is 53.4 Å². The van der Waals surface area contributed by atoms with Crippen LogP contribution in [-0.4, -0.2) is 39.7 Å². The molecule has 8 nitrogen and oxygen atoms in total. The van der Waals surface area contributed by atoms with Crippen LogP contribution in [0.2, 0.25) is 0 Å². The Kier molecular flexibility index (Phi) is 5.78. The zero-order valence-corrected chi connectivity index (χ0v) is 18.6. The van der Waals surface area contributed by atoms with Crippen LogP contribution in [0.25, 0.3) is 10.8 Å². The van der Waals surface area contributed by atoms with Crippen molar-refractivity contribution in [1.29, 1.82) is 0 Å². The van der Waals surface area contributed by atoms with Gasteiger partial charge in [0.25, 0.3) is 17.0 Å². The first-order chi connectivity index (χ1) is 15.7.